The fourth-order valence-electron chi connectivity index (χ4n) is 2.06. The van der Waals surface area contributed by atoms with E-state index in [0.29, 0.717) is 11.5 Å². The van der Waals surface area contributed by atoms with E-state index in [2.05, 4.69) is 62.2 Å². The summed E-state index contributed by atoms with van der Waals surface area (Å²) in [5.41, 5.74) is 0.383. The summed E-state index contributed by atoms with van der Waals surface area (Å²) < 4.78 is 0. The van der Waals surface area contributed by atoms with Crippen LogP contribution in [0.1, 0.15) is 57.3 Å². The standard InChI is InChI=1S/C17H32N4S.HI/c1-7-18-16(21-13(2)8-10-17(4,5)6)19-11-9-15-20-12-14(3)22-15;/h12-13H,7-11H2,1-6H3,(H2,18,19,21);1H. The number of halogens is 1. The largest absolute Gasteiger partial charge is 0.357 e. The van der Waals surface area contributed by atoms with Gasteiger partial charge in [0, 0.05) is 36.6 Å². The first-order valence-electron chi connectivity index (χ1n) is 8.26. The SMILES string of the molecule is CCNC(=NCCc1ncc(C)s1)NC(C)CCC(C)(C)C.I. The van der Waals surface area contributed by atoms with E-state index in [-0.39, 0.29) is 24.0 Å². The van der Waals surface area contributed by atoms with Crippen LogP contribution in [-0.2, 0) is 6.42 Å². The summed E-state index contributed by atoms with van der Waals surface area (Å²) in [6.07, 6.45) is 5.20. The first-order chi connectivity index (χ1) is 10.3. The Balaban J connectivity index is 0.00000484. The van der Waals surface area contributed by atoms with Crippen molar-refractivity contribution in [3.8, 4) is 0 Å². The maximum atomic E-state index is 4.66. The van der Waals surface area contributed by atoms with Gasteiger partial charge in [-0.3, -0.25) is 4.99 Å². The number of thiazole rings is 1. The van der Waals surface area contributed by atoms with Crippen molar-refractivity contribution in [1.29, 1.82) is 0 Å². The second-order valence-electron chi connectivity index (χ2n) is 7.02. The molecule has 1 rings (SSSR count). The molecule has 0 aromatic carbocycles. The first kappa shape index (κ1) is 22.6. The van der Waals surface area contributed by atoms with Crippen LogP contribution >= 0.6 is 35.3 Å². The zero-order valence-corrected chi connectivity index (χ0v) is 18.5. The lowest BCUT2D eigenvalue weighted by Gasteiger charge is -2.23. The van der Waals surface area contributed by atoms with Gasteiger partial charge in [0.15, 0.2) is 5.96 Å². The molecule has 0 bridgehead atoms. The Kier molecular flexibility index (Phi) is 11.1. The highest BCUT2D eigenvalue weighted by molar-refractivity contribution is 14.0. The number of guanidine groups is 1. The average molecular weight is 452 g/mol. The van der Waals surface area contributed by atoms with E-state index < -0.39 is 0 Å². The van der Waals surface area contributed by atoms with Crippen LogP contribution in [0.25, 0.3) is 0 Å². The molecule has 0 aliphatic rings. The van der Waals surface area contributed by atoms with E-state index in [1.54, 1.807) is 11.3 Å². The number of aliphatic imine (C=N–C) groups is 1. The van der Waals surface area contributed by atoms with Crippen LogP contribution in [0, 0.1) is 12.3 Å². The smallest absolute Gasteiger partial charge is 0.191 e. The zero-order valence-electron chi connectivity index (χ0n) is 15.4. The van der Waals surface area contributed by atoms with E-state index in [1.165, 1.54) is 11.3 Å². The quantitative estimate of drug-likeness (QED) is 0.367. The molecule has 23 heavy (non-hydrogen) atoms. The highest BCUT2D eigenvalue weighted by atomic mass is 127. The van der Waals surface area contributed by atoms with Crippen LogP contribution in [0.15, 0.2) is 11.2 Å². The Morgan fingerprint density at radius 2 is 2.09 bits per heavy atom. The Bertz CT molecular complexity index is 465. The molecule has 134 valence electrons. The van der Waals surface area contributed by atoms with Crippen molar-refractivity contribution in [3.63, 3.8) is 0 Å². The second-order valence-corrected chi connectivity index (χ2v) is 8.34. The van der Waals surface area contributed by atoms with Gasteiger partial charge in [-0.15, -0.1) is 35.3 Å². The summed E-state index contributed by atoms with van der Waals surface area (Å²) in [5, 5.41) is 7.99. The molecule has 0 spiro atoms. The normalized spacial score (nSPS) is 13.4. The van der Waals surface area contributed by atoms with Crippen molar-refractivity contribution >= 4 is 41.3 Å². The predicted octanol–water partition coefficient (Wildman–Crippen LogP) is 4.38. The van der Waals surface area contributed by atoms with Gasteiger partial charge in [0.25, 0.3) is 0 Å². The molecule has 0 radical (unpaired) electrons. The van der Waals surface area contributed by atoms with Crippen LogP contribution in [0.3, 0.4) is 0 Å². The molecule has 1 aromatic rings. The summed E-state index contributed by atoms with van der Waals surface area (Å²) >= 11 is 1.76. The lowest BCUT2D eigenvalue weighted by molar-refractivity contribution is 0.346. The van der Waals surface area contributed by atoms with E-state index in [4.69, 9.17) is 0 Å². The minimum absolute atomic E-state index is 0. The van der Waals surface area contributed by atoms with Crippen LogP contribution in [0.2, 0.25) is 0 Å². The molecule has 0 aliphatic carbocycles. The van der Waals surface area contributed by atoms with Gasteiger partial charge in [0.05, 0.1) is 5.01 Å². The molecular formula is C17H33IN4S. The number of hydrogen-bond acceptors (Lipinski definition) is 3. The van der Waals surface area contributed by atoms with Gasteiger partial charge in [-0.25, -0.2) is 4.98 Å². The lowest BCUT2D eigenvalue weighted by Crippen LogP contribution is -2.42. The minimum Gasteiger partial charge on any atom is -0.357 e. The number of rotatable bonds is 7. The third-order valence-corrected chi connectivity index (χ3v) is 4.29. The topological polar surface area (TPSA) is 49.3 Å². The van der Waals surface area contributed by atoms with Gasteiger partial charge >= 0.3 is 0 Å². The minimum atomic E-state index is 0. The Morgan fingerprint density at radius 3 is 2.61 bits per heavy atom. The number of nitrogens with zero attached hydrogens (tertiary/aromatic N) is 2. The fraction of sp³-hybridized carbons (Fsp3) is 0.765. The van der Waals surface area contributed by atoms with Gasteiger partial charge in [-0.05, 0) is 39.0 Å². The number of nitrogens with one attached hydrogen (secondary N) is 2. The van der Waals surface area contributed by atoms with Crippen molar-refractivity contribution in [2.45, 2.75) is 66.8 Å². The number of aryl methyl sites for hydroxylation is 1. The van der Waals surface area contributed by atoms with Crippen LogP contribution in [0.5, 0.6) is 0 Å². The van der Waals surface area contributed by atoms with Gasteiger partial charge < -0.3 is 10.6 Å². The molecular weight excluding hydrogens is 419 g/mol. The molecule has 0 saturated heterocycles. The third kappa shape index (κ3) is 10.9. The predicted molar refractivity (Wildman–Crippen MR) is 113 cm³/mol. The highest BCUT2D eigenvalue weighted by Crippen LogP contribution is 2.21. The summed E-state index contributed by atoms with van der Waals surface area (Å²) in [5.74, 6) is 0.914. The van der Waals surface area contributed by atoms with Crippen LogP contribution in [0.4, 0.5) is 0 Å². The maximum absolute atomic E-state index is 4.66. The van der Waals surface area contributed by atoms with Crippen molar-refractivity contribution in [3.05, 3.63) is 16.1 Å². The summed E-state index contributed by atoms with van der Waals surface area (Å²) in [7, 11) is 0. The summed E-state index contributed by atoms with van der Waals surface area (Å²) in [6, 6.07) is 0.430. The van der Waals surface area contributed by atoms with Gasteiger partial charge in [-0.2, -0.15) is 0 Å². The molecule has 0 fully saturated rings. The lowest BCUT2D eigenvalue weighted by atomic mass is 9.89. The first-order valence-corrected chi connectivity index (χ1v) is 9.08. The molecule has 0 saturated carbocycles. The molecule has 0 aliphatic heterocycles. The van der Waals surface area contributed by atoms with E-state index >= 15 is 0 Å². The Labute approximate surface area is 163 Å². The monoisotopic (exact) mass is 452 g/mol. The molecule has 4 nitrogen and oxygen atoms in total. The molecule has 1 atom stereocenters. The van der Waals surface area contributed by atoms with Gasteiger partial charge in [-0.1, -0.05) is 20.8 Å². The van der Waals surface area contributed by atoms with Gasteiger partial charge in [0.1, 0.15) is 0 Å². The summed E-state index contributed by atoms with van der Waals surface area (Å²) in [6.45, 7) is 14.9. The molecule has 0 amide bonds. The van der Waals surface area contributed by atoms with Crippen LogP contribution in [-0.4, -0.2) is 30.1 Å². The van der Waals surface area contributed by atoms with Crippen molar-refractivity contribution in [2.75, 3.05) is 13.1 Å². The maximum Gasteiger partial charge on any atom is 0.191 e. The van der Waals surface area contributed by atoms with Gasteiger partial charge in [0.2, 0.25) is 0 Å². The molecule has 6 heteroatoms. The van der Waals surface area contributed by atoms with E-state index in [1.807, 2.05) is 6.20 Å². The zero-order chi connectivity index (χ0) is 16.6. The third-order valence-electron chi connectivity index (χ3n) is 3.32. The summed E-state index contributed by atoms with van der Waals surface area (Å²) in [4.78, 5) is 10.3. The Hall–Kier alpha value is -0.370. The molecule has 1 heterocycles. The highest BCUT2D eigenvalue weighted by Gasteiger charge is 2.13. The molecule has 2 N–H and O–H groups in total. The molecule has 1 aromatic heterocycles. The average Bonchev–Trinajstić information content (AvgIpc) is 2.81. The van der Waals surface area contributed by atoms with Crippen LogP contribution < -0.4 is 10.6 Å². The van der Waals surface area contributed by atoms with Crippen molar-refractivity contribution < 1.29 is 0 Å². The fourth-order valence-corrected chi connectivity index (χ4v) is 2.83. The Morgan fingerprint density at radius 1 is 1.39 bits per heavy atom. The molecule has 1 unspecified atom stereocenters. The van der Waals surface area contributed by atoms with E-state index in [0.717, 1.165) is 36.9 Å². The number of aromatic nitrogens is 1. The second kappa shape index (κ2) is 11.2. The van der Waals surface area contributed by atoms with Crippen molar-refractivity contribution in [1.82, 2.24) is 15.6 Å². The van der Waals surface area contributed by atoms with E-state index in [9.17, 15) is 0 Å². The van der Waals surface area contributed by atoms with Crippen molar-refractivity contribution in [2.24, 2.45) is 10.4 Å². The number of hydrogen-bond donors (Lipinski definition) is 2.